The number of nitrogens with two attached hydrogens (primary N) is 1. The topological polar surface area (TPSA) is 92.2 Å². The van der Waals surface area contributed by atoms with Crippen LogP contribution in [0.3, 0.4) is 0 Å². The van der Waals surface area contributed by atoms with Crippen molar-refractivity contribution in [1.82, 2.24) is 4.98 Å². The Morgan fingerprint density at radius 2 is 2.13 bits per heavy atom. The number of nitrogen functional groups attached to an aromatic ring is 1. The first-order chi connectivity index (χ1) is 14.5. The molecule has 6 heteroatoms. The van der Waals surface area contributed by atoms with Crippen LogP contribution in [0.25, 0.3) is 10.9 Å². The molecule has 1 heterocycles. The van der Waals surface area contributed by atoms with Gasteiger partial charge in [0.1, 0.15) is 0 Å². The molecular weight excluding hydrogens is 376 g/mol. The molecule has 0 fully saturated rings. The monoisotopic (exact) mass is 406 g/mol. The Labute approximate surface area is 177 Å². The number of hydrogen-bond donors (Lipinski definition) is 4. The van der Waals surface area contributed by atoms with E-state index >= 15 is 0 Å². The summed E-state index contributed by atoms with van der Waals surface area (Å²) in [6.45, 7) is 4.61. The van der Waals surface area contributed by atoms with Gasteiger partial charge in [-0.2, -0.15) is 0 Å². The van der Waals surface area contributed by atoms with E-state index in [0.29, 0.717) is 23.9 Å². The van der Waals surface area contributed by atoms with E-state index < -0.39 is 6.09 Å². The number of ether oxygens (including phenoxy) is 1. The number of rotatable bonds is 6. The van der Waals surface area contributed by atoms with Gasteiger partial charge in [0, 0.05) is 11.6 Å². The average molecular weight is 407 g/mol. The van der Waals surface area contributed by atoms with Gasteiger partial charge in [-0.05, 0) is 67.0 Å². The van der Waals surface area contributed by atoms with E-state index in [1.807, 2.05) is 18.3 Å². The molecule has 5 N–H and O–H groups in total. The number of carbonyl (C=O) groups excluding carboxylic acids is 1. The van der Waals surface area contributed by atoms with E-state index in [9.17, 15) is 4.79 Å². The fourth-order valence-corrected chi connectivity index (χ4v) is 4.06. The van der Waals surface area contributed by atoms with E-state index in [-0.39, 0.29) is 6.04 Å². The Hall–Kier alpha value is -3.15. The van der Waals surface area contributed by atoms with Crippen LogP contribution in [0.1, 0.15) is 50.3 Å². The molecule has 1 amide bonds. The lowest BCUT2D eigenvalue weighted by atomic mass is 9.86. The SMILES string of the molecule is CC(C)CCOC(=O)Nc1cc2c(cc1N)C(Nc1cccc3cc[nH]c13)CCC2. The molecule has 30 heavy (non-hydrogen) atoms. The number of carbonyl (C=O) groups is 1. The number of nitrogens with one attached hydrogen (secondary N) is 3. The van der Waals surface area contributed by atoms with E-state index in [1.165, 1.54) is 16.5 Å². The number of para-hydroxylation sites is 1. The number of aryl methyl sites for hydroxylation is 1. The van der Waals surface area contributed by atoms with Crippen LogP contribution in [0.4, 0.5) is 21.9 Å². The highest BCUT2D eigenvalue weighted by molar-refractivity contribution is 5.91. The number of fused-ring (bicyclic) bond motifs is 2. The molecule has 0 spiro atoms. The molecular formula is C24H30N4O2. The number of anilines is 3. The molecule has 0 bridgehead atoms. The first-order valence-electron chi connectivity index (χ1n) is 10.7. The maximum Gasteiger partial charge on any atom is 0.411 e. The molecule has 1 unspecified atom stereocenters. The second kappa shape index (κ2) is 8.69. The summed E-state index contributed by atoms with van der Waals surface area (Å²) in [5.74, 6) is 0.493. The van der Waals surface area contributed by atoms with Crippen molar-refractivity contribution in [3.8, 4) is 0 Å². The zero-order chi connectivity index (χ0) is 21.1. The highest BCUT2D eigenvalue weighted by Crippen LogP contribution is 2.37. The zero-order valence-electron chi connectivity index (χ0n) is 17.6. The summed E-state index contributed by atoms with van der Waals surface area (Å²) in [6, 6.07) is 12.5. The van der Waals surface area contributed by atoms with Crippen molar-refractivity contribution in [2.45, 2.75) is 45.6 Å². The van der Waals surface area contributed by atoms with Crippen LogP contribution in [-0.4, -0.2) is 17.7 Å². The summed E-state index contributed by atoms with van der Waals surface area (Å²) in [5, 5.41) is 7.69. The van der Waals surface area contributed by atoms with Crippen molar-refractivity contribution in [2.24, 2.45) is 5.92 Å². The fraction of sp³-hybridized carbons (Fsp3) is 0.375. The molecule has 3 aromatic rings. The summed E-state index contributed by atoms with van der Waals surface area (Å²) in [4.78, 5) is 15.4. The lowest BCUT2D eigenvalue weighted by Gasteiger charge is -2.28. The first kappa shape index (κ1) is 20.1. The van der Waals surface area contributed by atoms with Crippen LogP contribution in [0.2, 0.25) is 0 Å². The van der Waals surface area contributed by atoms with E-state index in [4.69, 9.17) is 10.5 Å². The van der Waals surface area contributed by atoms with Gasteiger partial charge in [-0.25, -0.2) is 4.79 Å². The summed E-state index contributed by atoms with van der Waals surface area (Å²) in [5.41, 5.74) is 12.1. The van der Waals surface area contributed by atoms with E-state index in [2.05, 4.69) is 53.7 Å². The van der Waals surface area contributed by atoms with Gasteiger partial charge < -0.3 is 20.8 Å². The van der Waals surface area contributed by atoms with Crippen LogP contribution < -0.4 is 16.4 Å². The van der Waals surface area contributed by atoms with Crippen LogP contribution in [0, 0.1) is 5.92 Å². The van der Waals surface area contributed by atoms with Crippen molar-refractivity contribution in [2.75, 3.05) is 23.0 Å². The molecule has 158 valence electrons. The summed E-state index contributed by atoms with van der Waals surface area (Å²) < 4.78 is 5.27. The van der Waals surface area contributed by atoms with Gasteiger partial charge in [-0.1, -0.05) is 26.0 Å². The third-order valence-electron chi connectivity index (χ3n) is 5.71. The number of hydrogen-bond acceptors (Lipinski definition) is 4. The predicted molar refractivity (Wildman–Crippen MR) is 123 cm³/mol. The largest absolute Gasteiger partial charge is 0.449 e. The smallest absolute Gasteiger partial charge is 0.411 e. The van der Waals surface area contributed by atoms with Crippen LogP contribution in [0.15, 0.2) is 42.6 Å². The molecule has 0 saturated heterocycles. The van der Waals surface area contributed by atoms with Crippen molar-refractivity contribution in [1.29, 1.82) is 0 Å². The van der Waals surface area contributed by atoms with E-state index in [0.717, 1.165) is 36.9 Å². The molecule has 2 aromatic carbocycles. The third kappa shape index (κ3) is 4.37. The fourth-order valence-electron chi connectivity index (χ4n) is 4.06. The highest BCUT2D eigenvalue weighted by Gasteiger charge is 2.23. The third-order valence-corrected chi connectivity index (χ3v) is 5.71. The summed E-state index contributed by atoms with van der Waals surface area (Å²) in [6.07, 6.45) is 5.43. The molecule has 4 rings (SSSR count). The lowest BCUT2D eigenvalue weighted by molar-refractivity contribution is 0.155. The molecule has 0 radical (unpaired) electrons. The molecule has 0 saturated carbocycles. The van der Waals surface area contributed by atoms with Crippen molar-refractivity contribution < 1.29 is 9.53 Å². The normalized spacial score (nSPS) is 15.8. The summed E-state index contributed by atoms with van der Waals surface area (Å²) >= 11 is 0. The average Bonchev–Trinajstić information content (AvgIpc) is 3.19. The van der Waals surface area contributed by atoms with Gasteiger partial charge in [-0.15, -0.1) is 0 Å². The van der Waals surface area contributed by atoms with Gasteiger partial charge in [-0.3, -0.25) is 5.32 Å². The number of amides is 1. The number of aromatic nitrogens is 1. The first-order valence-corrected chi connectivity index (χ1v) is 10.7. The Kier molecular flexibility index (Phi) is 5.84. The Morgan fingerprint density at radius 3 is 2.97 bits per heavy atom. The minimum absolute atomic E-state index is 0.178. The number of H-pyrrole nitrogens is 1. The second-order valence-electron chi connectivity index (χ2n) is 8.42. The minimum Gasteiger partial charge on any atom is -0.449 e. The van der Waals surface area contributed by atoms with Gasteiger partial charge in [0.05, 0.1) is 35.2 Å². The number of benzene rings is 2. The van der Waals surface area contributed by atoms with Crippen molar-refractivity contribution in [3.63, 3.8) is 0 Å². The van der Waals surface area contributed by atoms with Crippen LogP contribution in [0.5, 0.6) is 0 Å². The zero-order valence-corrected chi connectivity index (χ0v) is 17.6. The van der Waals surface area contributed by atoms with Crippen LogP contribution >= 0.6 is 0 Å². The highest BCUT2D eigenvalue weighted by atomic mass is 16.5. The minimum atomic E-state index is -0.453. The molecule has 1 aliphatic rings. The van der Waals surface area contributed by atoms with Crippen LogP contribution in [-0.2, 0) is 11.2 Å². The predicted octanol–water partition coefficient (Wildman–Crippen LogP) is 5.83. The molecule has 0 aliphatic heterocycles. The maximum atomic E-state index is 12.1. The molecule has 1 aromatic heterocycles. The molecule has 1 aliphatic carbocycles. The maximum absolute atomic E-state index is 12.1. The van der Waals surface area contributed by atoms with Crippen molar-refractivity contribution >= 4 is 34.1 Å². The Morgan fingerprint density at radius 1 is 1.27 bits per heavy atom. The summed E-state index contributed by atoms with van der Waals surface area (Å²) in [7, 11) is 0. The van der Waals surface area contributed by atoms with Gasteiger partial charge in [0.2, 0.25) is 0 Å². The van der Waals surface area contributed by atoms with Gasteiger partial charge >= 0.3 is 6.09 Å². The standard InChI is InChI=1S/C24H30N4O2/c1-15(2)10-12-30-24(29)28-22-13-17-6-4-7-20(18(17)14-19(22)25)27-21-8-3-5-16-9-11-26-23(16)21/h3,5,8-9,11,13-15,20,26-27H,4,6-7,10,12,25H2,1-2H3,(H,28,29). The van der Waals surface area contributed by atoms with Crippen molar-refractivity contribution in [3.05, 3.63) is 53.7 Å². The Balaban J connectivity index is 1.51. The van der Waals surface area contributed by atoms with Gasteiger partial charge in [0.25, 0.3) is 0 Å². The molecule has 1 atom stereocenters. The second-order valence-corrected chi connectivity index (χ2v) is 8.42. The number of aromatic amines is 1. The Bertz CT molecular complexity index is 1040. The van der Waals surface area contributed by atoms with E-state index in [1.54, 1.807) is 0 Å². The molecule has 6 nitrogen and oxygen atoms in total. The lowest BCUT2D eigenvalue weighted by Crippen LogP contribution is -2.20. The van der Waals surface area contributed by atoms with Gasteiger partial charge in [0.15, 0.2) is 0 Å². The quantitative estimate of drug-likeness (QED) is 0.387.